The van der Waals surface area contributed by atoms with Crippen LogP contribution in [0.3, 0.4) is 0 Å². The summed E-state index contributed by atoms with van der Waals surface area (Å²) in [6.45, 7) is 0.432. The Morgan fingerprint density at radius 3 is 2.75 bits per heavy atom. The van der Waals surface area contributed by atoms with Crippen LogP contribution in [0, 0.1) is 10.1 Å². The number of aryl methyl sites for hydroxylation is 1. The van der Waals surface area contributed by atoms with Crippen molar-refractivity contribution in [2.75, 3.05) is 29.9 Å². The van der Waals surface area contributed by atoms with Crippen molar-refractivity contribution in [1.82, 2.24) is 0 Å². The van der Waals surface area contributed by atoms with Gasteiger partial charge in [0.05, 0.1) is 10.6 Å². The number of sulfonamides is 1. The van der Waals surface area contributed by atoms with Gasteiger partial charge in [-0.1, -0.05) is 18.2 Å². The van der Waals surface area contributed by atoms with Crippen molar-refractivity contribution in [3.8, 4) is 0 Å². The van der Waals surface area contributed by atoms with Crippen molar-refractivity contribution < 1.29 is 22.9 Å². The second kappa shape index (κ2) is 7.95. The molecule has 0 saturated carbocycles. The Morgan fingerprint density at radius 2 is 2.04 bits per heavy atom. The number of methoxy groups -OCH3 is 1. The molecule has 0 atom stereocenters. The highest BCUT2D eigenvalue weighted by molar-refractivity contribution is 7.92. The minimum Gasteiger partial charge on any atom is -0.375 e. The lowest BCUT2D eigenvalue weighted by Crippen LogP contribution is -2.37. The van der Waals surface area contributed by atoms with Gasteiger partial charge < -0.3 is 9.64 Å². The van der Waals surface area contributed by atoms with Gasteiger partial charge in [0.15, 0.2) is 4.90 Å². The summed E-state index contributed by atoms with van der Waals surface area (Å²) >= 11 is 0. The predicted molar refractivity (Wildman–Crippen MR) is 103 cm³/mol. The molecule has 0 spiro atoms. The van der Waals surface area contributed by atoms with Gasteiger partial charge in [0, 0.05) is 25.4 Å². The number of nitro benzene ring substituents is 1. The van der Waals surface area contributed by atoms with Gasteiger partial charge in [-0.3, -0.25) is 19.6 Å². The molecule has 2 aromatic rings. The molecule has 148 valence electrons. The molecule has 0 aliphatic carbocycles. The van der Waals surface area contributed by atoms with Crippen molar-refractivity contribution in [2.45, 2.75) is 17.7 Å². The number of hydrogen-bond donors (Lipinski definition) is 1. The van der Waals surface area contributed by atoms with E-state index in [0.717, 1.165) is 24.5 Å². The summed E-state index contributed by atoms with van der Waals surface area (Å²) in [7, 11) is -2.75. The Bertz CT molecular complexity index is 1020. The molecule has 1 aliphatic rings. The standard InChI is InChI=1S/C18H19N3O6S/c1-27-12-18(22)20-10-4-5-13-8-9-14(11-16(13)20)19-28(25,26)17-7-3-2-6-15(17)21(23)24/h2-3,6-9,11,19H,4-5,10,12H2,1H3. The lowest BCUT2D eigenvalue weighted by molar-refractivity contribution is -0.387. The first-order chi connectivity index (χ1) is 13.3. The highest BCUT2D eigenvalue weighted by atomic mass is 32.2. The Hall–Kier alpha value is -2.98. The Kier molecular flexibility index (Phi) is 5.61. The molecule has 0 saturated heterocycles. The first-order valence-corrected chi connectivity index (χ1v) is 10.0. The lowest BCUT2D eigenvalue weighted by Gasteiger charge is -2.30. The van der Waals surface area contributed by atoms with Crippen LogP contribution in [0.4, 0.5) is 17.1 Å². The van der Waals surface area contributed by atoms with E-state index in [9.17, 15) is 23.3 Å². The zero-order valence-electron chi connectivity index (χ0n) is 15.1. The molecule has 28 heavy (non-hydrogen) atoms. The molecule has 0 aromatic heterocycles. The molecule has 1 amide bonds. The van der Waals surface area contributed by atoms with E-state index in [0.29, 0.717) is 12.2 Å². The molecule has 0 unspecified atom stereocenters. The van der Waals surface area contributed by atoms with Crippen LogP contribution in [-0.2, 0) is 26.0 Å². The quantitative estimate of drug-likeness (QED) is 0.582. The zero-order chi connectivity index (χ0) is 20.3. The molecule has 0 radical (unpaired) electrons. The van der Waals surface area contributed by atoms with E-state index in [1.165, 1.54) is 25.3 Å². The monoisotopic (exact) mass is 405 g/mol. The number of hydrogen-bond acceptors (Lipinski definition) is 6. The van der Waals surface area contributed by atoms with Crippen LogP contribution in [0.5, 0.6) is 0 Å². The van der Waals surface area contributed by atoms with Crippen LogP contribution >= 0.6 is 0 Å². The van der Waals surface area contributed by atoms with E-state index >= 15 is 0 Å². The van der Waals surface area contributed by atoms with Crippen molar-refractivity contribution in [1.29, 1.82) is 0 Å². The van der Waals surface area contributed by atoms with Crippen molar-refractivity contribution >= 4 is 33.0 Å². The number of nitro groups is 1. The molecule has 1 N–H and O–H groups in total. The third-order valence-electron chi connectivity index (χ3n) is 4.38. The second-order valence-electron chi connectivity index (χ2n) is 6.26. The Morgan fingerprint density at radius 1 is 1.29 bits per heavy atom. The van der Waals surface area contributed by atoms with Gasteiger partial charge in [0.1, 0.15) is 6.61 Å². The number of fused-ring (bicyclic) bond motifs is 1. The van der Waals surface area contributed by atoms with E-state index < -0.39 is 25.5 Å². The summed E-state index contributed by atoms with van der Waals surface area (Å²) in [6.07, 6.45) is 1.56. The summed E-state index contributed by atoms with van der Waals surface area (Å²) in [4.78, 5) is 23.8. The maximum atomic E-state index is 12.7. The van der Waals surface area contributed by atoms with E-state index in [1.807, 2.05) is 0 Å². The molecule has 2 aromatic carbocycles. The number of para-hydroxylation sites is 1. The van der Waals surface area contributed by atoms with Gasteiger partial charge in [-0.2, -0.15) is 0 Å². The fourth-order valence-corrected chi connectivity index (χ4v) is 4.37. The van der Waals surface area contributed by atoms with Crippen LogP contribution in [0.15, 0.2) is 47.4 Å². The molecule has 10 heteroatoms. The molecule has 0 bridgehead atoms. The van der Waals surface area contributed by atoms with Crippen LogP contribution in [-0.4, -0.2) is 39.5 Å². The van der Waals surface area contributed by atoms with Crippen LogP contribution in [0.25, 0.3) is 0 Å². The number of benzene rings is 2. The van der Waals surface area contributed by atoms with Gasteiger partial charge in [-0.15, -0.1) is 0 Å². The maximum Gasteiger partial charge on any atom is 0.289 e. The number of anilines is 2. The topological polar surface area (TPSA) is 119 Å². The normalized spacial score (nSPS) is 13.7. The largest absolute Gasteiger partial charge is 0.375 e. The molecule has 1 aliphatic heterocycles. The van der Waals surface area contributed by atoms with Gasteiger partial charge in [-0.05, 0) is 36.6 Å². The van der Waals surface area contributed by atoms with E-state index in [2.05, 4.69) is 4.72 Å². The first-order valence-electron chi connectivity index (χ1n) is 8.52. The lowest BCUT2D eigenvalue weighted by atomic mass is 10.0. The summed E-state index contributed by atoms with van der Waals surface area (Å²) < 4.78 is 32.7. The summed E-state index contributed by atoms with van der Waals surface area (Å²) in [5, 5.41) is 11.1. The van der Waals surface area contributed by atoms with Crippen molar-refractivity contribution in [2.24, 2.45) is 0 Å². The fraction of sp³-hybridized carbons (Fsp3) is 0.278. The molecule has 9 nitrogen and oxygen atoms in total. The first kappa shape index (κ1) is 19.8. The third-order valence-corrected chi connectivity index (χ3v) is 5.81. The number of amides is 1. The maximum absolute atomic E-state index is 12.7. The predicted octanol–water partition coefficient (Wildman–Crippen LogP) is 2.32. The Labute approximate surface area is 162 Å². The summed E-state index contributed by atoms with van der Waals surface area (Å²) in [6, 6.07) is 10.0. The van der Waals surface area contributed by atoms with Crippen molar-refractivity contribution in [3.63, 3.8) is 0 Å². The van der Waals surface area contributed by atoms with Crippen molar-refractivity contribution in [3.05, 3.63) is 58.1 Å². The molecular formula is C18H19N3O6S. The number of rotatable bonds is 6. The number of nitrogens with one attached hydrogen (secondary N) is 1. The van der Waals surface area contributed by atoms with E-state index in [4.69, 9.17) is 4.74 Å². The van der Waals surface area contributed by atoms with Gasteiger partial charge >= 0.3 is 0 Å². The van der Waals surface area contributed by atoms with Crippen LogP contribution in [0.2, 0.25) is 0 Å². The summed E-state index contributed by atoms with van der Waals surface area (Å²) in [5.74, 6) is -0.220. The molecule has 1 heterocycles. The van der Waals surface area contributed by atoms with Crippen LogP contribution in [0.1, 0.15) is 12.0 Å². The highest BCUT2D eigenvalue weighted by Crippen LogP contribution is 2.32. The third kappa shape index (κ3) is 3.97. The minimum atomic E-state index is -4.18. The summed E-state index contributed by atoms with van der Waals surface area (Å²) in [5.41, 5.74) is 1.24. The Balaban J connectivity index is 1.95. The molecule has 3 rings (SSSR count). The molecule has 0 fully saturated rings. The van der Waals surface area contributed by atoms with Gasteiger partial charge in [-0.25, -0.2) is 8.42 Å². The SMILES string of the molecule is COCC(=O)N1CCCc2ccc(NS(=O)(=O)c3ccccc3[N+](=O)[O-])cc21. The zero-order valence-corrected chi connectivity index (χ0v) is 15.9. The second-order valence-corrected chi connectivity index (χ2v) is 7.91. The average Bonchev–Trinajstić information content (AvgIpc) is 2.67. The molecular weight excluding hydrogens is 386 g/mol. The fourth-order valence-electron chi connectivity index (χ4n) is 3.14. The smallest absolute Gasteiger partial charge is 0.289 e. The average molecular weight is 405 g/mol. The number of carbonyl (C=O) groups excluding carboxylic acids is 1. The van der Waals surface area contributed by atoms with E-state index in [-0.39, 0.29) is 18.2 Å². The van der Waals surface area contributed by atoms with Crippen LogP contribution < -0.4 is 9.62 Å². The highest BCUT2D eigenvalue weighted by Gasteiger charge is 2.27. The number of nitrogens with zero attached hydrogens (tertiary/aromatic N) is 2. The van der Waals surface area contributed by atoms with E-state index in [1.54, 1.807) is 23.1 Å². The number of ether oxygens (including phenoxy) is 1. The van der Waals surface area contributed by atoms with Gasteiger partial charge in [0.25, 0.3) is 21.6 Å². The number of carbonyl (C=O) groups is 1. The van der Waals surface area contributed by atoms with Gasteiger partial charge in [0.2, 0.25) is 0 Å². The minimum absolute atomic E-state index is 0.0778.